The molecule has 2 N–H and O–H groups in total. The minimum Gasteiger partial charge on any atom is -0.444 e. The molecule has 2 aromatic heterocycles. The Balaban J connectivity index is 1.66. The van der Waals surface area contributed by atoms with Gasteiger partial charge < -0.3 is 19.9 Å². The fraction of sp³-hybridized carbons (Fsp3) is 0.333. The summed E-state index contributed by atoms with van der Waals surface area (Å²) in [6, 6.07) is 13.7. The van der Waals surface area contributed by atoms with E-state index in [-0.39, 0.29) is 19.0 Å². The minimum absolute atomic E-state index is 0.175. The van der Waals surface area contributed by atoms with Crippen LogP contribution in [0.4, 0.5) is 4.79 Å². The summed E-state index contributed by atoms with van der Waals surface area (Å²) in [6.07, 6.45) is 1.09. The highest BCUT2D eigenvalue weighted by Gasteiger charge is 2.17. The molecule has 29 heavy (non-hydrogen) atoms. The first-order valence-corrected chi connectivity index (χ1v) is 9.39. The summed E-state index contributed by atoms with van der Waals surface area (Å²) in [4.78, 5) is 32.8. The fourth-order valence-electron chi connectivity index (χ4n) is 2.78. The molecule has 2 amide bonds. The Kier molecular flexibility index (Phi) is 6.11. The molecular formula is C21H25N5O3. The average Bonchev–Trinajstić information content (AvgIpc) is 3.02. The van der Waals surface area contributed by atoms with Gasteiger partial charge in [-0.1, -0.05) is 30.3 Å². The predicted molar refractivity (Wildman–Crippen MR) is 109 cm³/mol. The van der Waals surface area contributed by atoms with Crippen LogP contribution in [-0.2, 0) is 22.6 Å². The zero-order chi connectivity index (χ0) is 20.9. The molecule has 0 aliphatic carbocycles. The zero-order valence-electron chi connectivity index (χ0n) is 16.8. The standard InChI is InChI=1S/C21H25N5O3/c1-21(2,3)29-20(28)24-13-18(27)23-12-17-25-16-10-7-11-22-19(16)26(17)14-15-8-5-4-6-9-15/h4-11H,12-14H2,1-3H3,(H,23,27)(H,24,28). The van der Waals surface area contributed by atoms with E-state index < -0.39 is 11.7 Å². The minimum atomic E-state index is -0.631. The van der Waals surface area contributed by atoms with Crippen LogP contribution in [0.1, 0.15) is 32.2 Å². The number of rotatable bonds is 6. The molecule has 0 saturated carbocycles. The van der Waals surface area contributed by atoms with Gasteiger partial charge in [0.15, 0.2) is 5.65 Å². The van der Waals surface area contributed by atoms with Gasteiger partial charge in [0.2, 0.25) is 5.91 Å². The van der Waals surface area contributed by atoms with Crippen molar-refractivity contribution in [2.45, 2.75) is 39.5 Å². The first-order chi connectivity index (χ1) is 13.8. The normalized spacial score (nSPS) is 11.3. The second-order valence-electron chi connectivity index (χ2n) is 7.58. The van der Waals surface area contributed by atoms with E-state index >= 15 is 0 Å². The summed E-state index contributed by atoms with van der Waals surface area (Å²) in [5.74, 6) is 0.357. The molecule has 2 heterocycles. The molecule has 8 heteroatoms. The molecule has 1 aromatic carbocycles. The van der Waals surface area contributed by atoms with Gasteiger partial charge in [-0.2, -0.15) is 0 Å². The molecule has 0 spiro atoms. The van der Waals surface area contributed by atoms with Crippen LogP contribution in [0, 0.1) is 0 Å². The summed E-state index contributed by atoms with van der Waals surface area (Å²) < 4.78 is 7.10. The number of alkyl carbamates (subject to hydrolysis) is 1. The summed E-state index contributed by atoms with van der Waals surface area (Å²) in [7, 11) is 0. The third-order valence-corrected chi connectivity index (χ3v) is 4.00. The number of ether oxygens (including phenoxy) is 1. The molecule has 0 radical (unpaired) electrons. The van der Waals surface area contributed by atoms with Gasteiger partial charge in [-0.3, -0.25) is 4.79 Å². The molecule has 3 aromatic rings. The smallest absolute Gasteiger partial charge is 0.408 e. The molecule has 0 unspecified atom stereocenters. The van der Waals surface area contributed by atoms with Crippen LogP contribution in [0.3, 0.4) is 0 Å². The lowest BCUT2D eigenvalue weighted by atomic mass is 10.2. The highest BCUT2D eigenvalue weighted by molar-refractivity contribution is 5.82. The van der Waals surface area contributed by atoms with E-state index in [0.29, 0.717) is 12.4 Å². The van der Waals surface area contributed by atoms with Crippen LogP contribution in [0.25, 0.3) is 11.2 Å². The molecule has 0 aliphatic heterocycles. The molecule has 3 rings (SSSR count). The van der Waals surface area contributed by atoms with E-state index in [1.807, 2.05) is 47.0 Å². The lowest BCUT2D eigenvalue weighted by molar-refractivity contribution is -0.120. The van der Waals surface area contributed by atoms with Gasteiger partial charge in [0.1, 0.15) is 23.5 Å². The Morgan fingerprint density at radius 2 is 1.83 bits per heavy atom. The molecule has 0 bridgehead atoms. The number of pyridine rings is 1. The Morgan fingerprint density at radius 1 is 1.07 bits per heavy atom. The van der Waals surface area contributed by atoms with Crippen LogP contribution in [0.2, 0.25) is 0 Å². The van der Waals surface area contributed by atoms with E-state index in [0.717, 1.165) is 16.7 Å². The maximum absolute atomic E-state index is 12.1. The van der Waals surface area contributed by atoms with Gasteiger partial charge in [-0.25, -0.2) is 14.8 Å². The van der Waals surface area contributed by atoms with E-state index in [1.165, 1.54) is 0 Å². The Labute approximate surface area is 169 Å². The van der Waals surface area contributed by atoms with Crippen molar-refractivity contribution >= 4 is 23.2 Å². The zero-order valence-corrected chi connectivity index (χ0v) is 16.8. The highest BCUT2D eigenvalue weighted by atomic mass is 16.6. The number of carbonyl (C=O) groups is 2. The van der Waals surface area contributed by atoms with E-state index in [4.69, 9.17) is 4.74 Å². The largest absolute Gasteiger partial charge is 0.444 e. The van der Waals surface area contributed by atoms with Crippen molar-refractivity contribution in [1.29, 1.82) is 0 Å². The number of carbonyl (C=O) groups excluding carboxylic acids is 2. The molecule has 0 saturated heterocycles. The monoisotopic (exact) mass is 395 g/mol. The van der Waals surface area contributed by atoms with Crippen molar-refractivity contribution < 1.29 is 14.3 Å². The lowest BCUT2D eigenvalue weighted by Gasteiger charge is -2.19. The Hall–Kier alpha value is -3.42. The average molecular weight is 395 g/mol. The number of fused-ring (bicyclic) bond motifs is 1. The number of nitrogens with zero attached hydrogens (tertiary/aromatic N) is 3. The summed E-state index contributed by atoms with van der Waals surface area (Å²) in [5, 5.41) is 5.23. The van der Waals surface area contributed by atoms with Crippen LogP contribution < -0.4 is 10.6 Å². The van der Waals surface area contributed by atoms with Gasteiger partial charge in [-0.05, 0) is 38.5 Å². The number of amides is 2. The van der Waals surface area contributed by atoms with Crippen LogP contribution in [0.15, 0.2) is 48.7 Å². The van der Waals surface area contributed by atoms with Crippen LogP contribution in [0.5, 0.6) is 0 Å². The molecule has 0 aliphatic rings. The first kappa shape index (κ1) is 20.3. The lowest BCUT2D eigenvalue weighted by Crippen LogP contribution is -2.39. The van der Waals surface area contributed by atoms with Crippen LogP contribution >= 0.6 is 0 Å². The van der Waals surface area contributed by atoms with Gasteiger partial charge >= 0.3 is 6.09 Å². The second-order valence-corrected chi connectivity index (χ2v) is 7.58. The maximum atomic E-state index is 12.1. The van der Waals surface area contributed by atoms with Crippen molar-refractivity contribution in [3.8, 4) is 0 Å². The Bertz CT molecular complexity index is 992. The van der Waals surface area contributed by atoms with Crippen molar-refractivity contribution in [3.05, 3.63) is 60.0 Å². The van der Waals surface area contributed by atoms with Crippen molar-refractivity contribution in [1.82, 2.24) is 25.2 Å². The van der Waals surface area contributed by atoms with Gasteiger partial charge in [0.05, 0.1) is 13.1 Å². The number of aromatic nitrogens is 3. The number of imidazole rings is 1. The third-order valence-electron chi connectivity index (χ3n) is 4.00. The van der Waals surface area contributed by atoms with Gasteiger partial charge in [0.25, 0.3) is 0 Å². The molecule has 0 atom stereocenters. The van der Waals surface area contributed by atoms with Crippen molar-refractivity contribution in [2.75, 3.05) is 6.54 Å². The van der Waals surface area contributed by atoms with Crippen LogP contribution in [-0.4, -0.2) is 38.7 Å². The van der Waals surface area contributed by atoms with E-state index in [1.54, 1.807) is 27.0 Å². The topological polar surface area (TPSA) is 98.1 Å². The molecule has 0 fully saturated rings. The highest BCUT2D eigenvalue weighted by Crippen LogP contribution is 2.16. The predicted octanol–water partition coefficient (Wildman–Crippen LogP) is 2.62. The first-order valence-electron chi connectivity index (χ1n) is 9.39. The summed E-state index contributed by atoms with van der Waals surface area (Å²) >= 11 is 0. The number of benzene rings is 1. The van der Waals surface area contributed by atoms with Gasteiger partial charge in [0, 0.05) is 6.20 Å². The van der Waals surface area contributed by atoms with Gasteiger partial charge in [-0.15, -0.1) is 0 Å². The molecule has 8 nitrogen and oxygen atoms in total. The number of hydrogen-bond donors (Lipinski definition) is 2. The summed E-state index contributed by atoms with van der Waals surface area (Å²) in [6.45, 7) is 5.92. The second kappa shape index (κ2) is 8.72. The fourth-order valence-corrected chi connectivity index (χ4v) is 2.78. The van der Waals surface area contributed by atoms with Crippen molar-refractivity contribution in [2.24, 2.45) is 0 Å². The Morgan fingerprint density at radius 3 is 2.55 bits per heavy atom. The quantitative estimate of drug-likeness (QED) is 0.669. The number of nitrogens with one attached hydrogen (secondary N) is 2. The molecule has 152 valence electrons. The summed E-state index contributed by atoms with van der Waals surface area (Å²) in [5.41, 5.74) is 2.01. The van der Waals surface area contributed by atoms with E-state index in [2.05, 4.69) is 20.6 Å². The van der Waals surface area contributed by atoms with E-state index in [9.17, 15) is 9.59 Å². The molecular weight excluding hydrogens is 370 g/mol. The maximum Gasteiger partial charge on any atom is 0.408 e. The SMILES string of the molecule is CC(C)(C)OC(=O)NCC(=O)NCc1nc2cccnc2n1Cc1ccccc1. The number of hydrogen-bond acceptors (Lipinski definition) is 5. The third kappa shape index (κ3) is 5.78. The van der Waals surface area contributed by atoms with Crippen molar-refractivity contribution in [3.63, 3.8) is 0 Å².